The number of hydrogen-bond donors (Lipinski definition) is 1. The summed E-state index contributed by atoms with van der Waals surface area (Å²) in [4.78, 5) is 12.2. The molecule has 1 aliphatic rings. The molecule has 0 spiro atoms. The van der Waals surface area contributed by atoms with Crippen LogP contribution in [0.25, 0.3) is 0 Å². The van der Waals surface area contributed by atoms with Gasteiger partial charge in [0.15, 0.2) is 0 Å². The molecule has 128 valence electrons. The Morgan fingerprint density at radius 2 is 2.21 bits per heavy atom. The fraction of sp³-hybridized carbons (Fsp3) is 0.474. The quantitative estimate of drug-likeness (QED) is 0.910. The monoisotopic (exact) mass is 327 g/mol. The number of aryl methyl sites for hydroxylation is 2. The van der Waals surface area contributed by atoms with Crippen molar-refractivity contribution in [3.8, 4) is 5.75 Å². The van der Waals surface area contributed by atoms with Crippen molar-refractivity contribution in [2.75, 3.05) is 12.4 Å². The van der Waals surface area contributed by atoms with Crippen molar-refractivity contribution >= 4 is 11.7 Å². The molecule has 1 aliphatic heterocycles. The first kappa shape index (κ1) is 16.6. The molecule has 5 heteroatoms. The Labute approximate surface area is 143 Å². The van der Waals surface area contributed by atoms with E-state index < -0.39 is 0 Å². The van der Waals surface area contributed by atoms with Crippen molar-refractivity contribution in [1.29, 1.82) is 0 Å². The Kier molecular flexibility index (Phi) is 4.60. The van der Waals surface area contributed by atoms with Crippen LogP contribution in [0.4, 0.5) is 5.82 Å². The number of nitrogens with one attached hydrogen (secondary N) is 1. The van der Waals surface area contributed by atoms with Gasteiger partial charge in [-0.05, 0) is 36.5 Å². The zero-order valence-electron chi connectivity index (χ0n) is 14.8. The molecule has 3 rings (SSSR count). The van der Waals surface area contributed by atoms with Gasteiger partial charge < -0.3 is 10.1 Å². The molecule has 1 unspecified atom stereocenters. The second-order valence-corrected chi connectivity index (χ2v) is 6.89. The van der Waals surface area contributed by atoms with Gasteiger partial charge >= 0.3 is 0 Å². The maximum atomic E-state index is 12.2. The highest BCUT2D eigenvalue weighted by molar-refractivity contribution is 5.94. The Balaban J connectivity index is 1.96. The minimum absolute atomic E-state index is 0.0241. The van der Waals surface area contributed by atoms with Crippen LogP contribution < -0.4 is 10.1 Å². The van der Waals surface area contributed by atoms with Crippen molar-refractivity contribution in [1.82, 2.24) is 9.78 Å². The molecule has 0 bridgehead atoms. The number of fused-ring (bicyclic) bond motifs is 1. The third kappa shape index (κ3) is 3.16. The first-order valence-electron chi connectivity index (χ1n) is 8.49. The van der Waals surface area contributed by atoms with Crippen molar-refractivity contribution in [3.63, 3.8) is 0 Å². The lowest BCUT2D eigenvalue weighted by molar-refractivity contribution is -0.116. The molecule has 0 aliphatic carbocycles. The number of rotatable bonds is 5. The predicted octanol–water partition coefficient (Wildman–Crippen LogP) is 3.72. The highest BCUT2D eigenvalue weighted by Gasteiger charge is 2.30. The van der Waals surface area contributed by atoms with Crippen LogP contribution in [0.5, 0.6) is 5.75 Å². The maximum Gasteiger partial charge on any atom is 0.226 e. The number of hydrogen-bond acceptors (Lipinski definition) is 3. The van der Waals surface area contributed by atoms with Crippen LogP contribution in [-0.2, 0) is 11.3 Å². The van der Waals surface area contributed by atoms with E-state index in [4.69, 9.17) is 4.74 Å². The smallest absolute Gasteiger partial charge is 0.226 e. The Bertz CT molecular complexity index is 749. The highest BCUT2D eigenvalue weighted by Crippen LogP contribution is 2.38. The summed E-state index contributed by atoms with van der Waals surface area (Å²) in [6.07, 6.45) is 3.37. The Hall–Kier alpha value is -2.30. The molecule has 1 atom stereocenters. The van der Waals surface area contributed by atoms with E-state index in [2.05, 4.69) is 30.3 Å². The van der Waals surface area contributed by atoms with Crippen LogP contribution in [0.1, 0.15) is 49.3 Å². The van der Waals surface area contributed by atoms with E-state index in [0.29, 0.717) is 12.3 Å². The zero-order valence-corrected chi connectivity index (χ0v) is 14.8. The van der Waals surface area contributed by atoms with Crippen LogP contribution in [0.2, 0.25) is 0 Å². The van der Waals surface area contributed by atoms with Crippen molar-refractivity contribution in [2.24, 2.45) is 5.92 Å². The molecular weight excluding hydrogens is 302 g/mol. The van der Waals surface area contributed by atoms with Crippen LogP contribution in [0.15, 0.2) is 24.4 Å². The number of amides is 1. The summed E-state index contributed by atoms with van der Waals surface area (Å²) in [5, 5.41) is 7.51. The van der Waals surface area contributed by atoms with E-state index in [0.717, 1.165) is 41.2 Å². The third-order valence-corrected chi connectivity index (χ3v) is 4.64. The van der Waals surface area contributed by atoms with E-state index >= 15 is 0 Å². The van der Waals surface area contributed by atoms with Gasteiger partial charge in [-0.2, -0.15) is 5.10 Å². The minimum atomic E-state index is 0.0241. The lowest BCUT2D eigenvalue weighted by Crippen LogP contribution is -2.25. The molecular formula is C19H25N3O2. The van der Waals surface area contributed by atoms with Gasteiger partial charge in [-0.3, -0.25) is 4.79 Å². The van der Waals surface area contributed by atoms with E-state index in [1.165, 1.54) is 0 Å². The average molecular weight is 327 g/mol. The molecule has 1 N–H and O–H groups in total. The molecule has 1 aromatic heterocycles. The standard InChI is InChI=1S/C19H25N3O2/c1-12(2)7-8-22-19-16(11-20-22)15(10-18(23)21-19)14-6-5-13(3)17(9-14)24-4/h5-6,9,11-12,15H,7-8,10H2,1-4H3,(H,21,23). The van der Waals surface area contributed by atoms with Gasteiger partial charge in [0.25, 0.3) is 0 Å². The number of carbonyl (C=O) groups is 1. The number of nitrogens with zero attached hydrogens (tertiary/aromatic N) is 2. The number of methoxy groups -OCH3 is 1. The van der Waals surface area contributed by atoms with E-state index in [1.54, 1.807) is 7.11 Å². The van der Waals surface area contributed by atoms with E-state index in [-0.39, 0.29) is 11.8 Å². The maximum absolute atomic E-state index is 12.2. The fourth-order valence-corrected chi connectivity index (χ4v) is 3.17. The number of carbonyl (C=O) groups excluding carboxylic acids is 1. The molecule has 0 saturated heterocycles. The van der Waals surface area contributed by atoms with E-state index in [1.807, 2.05) is 29.9 Å². The number of benzene rings is 1. The summed E-state index contributed by atoms with van der Waals surface area (Å²) in [5.41, 5.74) is 3.27. The summed E-state index contributed by atoms with van der Waals surface area (Å²) in [6, 6.07) is 6.16. The molecule has 1 amide bonds. The first-order chi connectivity index (χ1) is 11.5. The summed E-state index contributed by atoms with van der Waals surface area (Å²) in [6.45, 7) is 7.22. The van der Waals surface area contributed by atoms with Crippen LogP contribution in [-0.4, -0.2) is 22.8 Å². The fourth-order valence-electron chi connectivity index (χ4n) is 3.17. The van der Waals surface area contributed by atoms with Gasteiger partial charge in [0.2, 0.25) is 5.91 Å². The molecule has 24 heavy (non-hydrogen) atoms. The van der Waals surface area contributed by atoms with Crippen LogP contribution in [0.3, 0.4) is 0 Å². The normalized spacial score (nSPS) is 16.9. The largest absolute Gasteiger partial charge is 0.496 e. The molecule has 0 fully saturated rings. The van der Waals surface area contributed by atoms with Crippen LogP contribution >= 0.6 is 0 Å². The van der Waals surface area contributed by atoms with Gasteiger partial charge in [0.05, 0.1) is 13.3 Å². The van der Waals surface area contributed by atoms with Gasteiger partial charge in [-0.1, -0.05) is 26.0 Å². The number of ether oxygens (including phenoxy) is 1. The summed E-state index contributed by atoms with van der Waals surface area (Å²) in [7, 11) is 1.68. The van der Waals surface area contributed by atoms with Crippen LogP contribution in [0, 0.1) is 12.8 Å². The first-order valence-corrected chi connectivity index (χ1v) is 8.49. The second kappa shape index (κ2) is 6.67. The SMILES string of the molecule is COc1cc(C2CC(=O)Nc3c2cnn3CCC(C)C)ccc1C. The average Bonchev–Trinajstić information content (AvgIpc) is 2.95. The number of aromatic nitrogens is 2. The minimum Gasteiger partial charge on any atom is -0.496 e. The third-order valence-electron chi connectivity index (χ3n) is 4.64. The van der Waals surface area contributed by atoms with Gasteiger partial charge in [0.1, 0.15) is 11.6 Å². The van der Waals surface area contributed by atoms with Gasteiger partial charge in [-0.25, -0.2) is 4.68 Å². The highest BCUT2D eigenvalue weighted by atomic mass is 16.5. The zero-order chi connectivity index (χ0) is 17.3. The summed E-state index contributed by atoms with van der Waals surface area (Å²) >= 11 is 0. The second-order valence-electron chi connectivity index (χ2n) is 6.89. The Morgan fingerprint density at radius 1 is 1.42 bits per heavy atom. The molecule has 0 saturated carbocycles. The Morgan fingerprint density at radius 3 is 2.92 bits per heavy atom. The van der Waals surface area contributed by atoms with Crippen molar-refractivity contribution < 1.29 is 9.53 Å². The van der Waals surface area contributed by atoms with Crippen molar-refractivity contribution in [3.05, 3.63) is 41.1 Å². The lowest BCUT2D eigenvalue weighted by Gasteiger charge is -2.24. The molecule has 2 aromatic rings. The summed E-state index contributed by atoms with van der Waals surface area (Å²) in [5.74, 6) is 2.36. The topological polar surface area (TPSA) is 56.1 Å². The van der Waals surface area contributed by atoms with E-state index in [9.17, 15) is 4.79 Å². The molecule has 1 aromatic carbocycles. The van der Waals surface area contributed by atoms with Gasteiger partial charge in [-0.15, -0.1) is 0 Å². The molecule has 5 nitrogen and oxygen atoms in total. The molecule has 2 heterocycles. The number of anilines is 1. The molecule has 0 radical (unpaired) electrons. The lowest BCUT2D eigenvalue weighted by atomic mass is 9.87. The van der Waals surface area contributed by atoms with Gasteiger partial charge in [0, 0.05) is 24.4 Å². The summed E-state index contributed by atoms with van der Waals surface area (Å²) < 4.78 is 7.36. The van der Waals surface area contributed by atoms with Crippen molar-refractivity contribution in [2.45, 2.75) is 46.1 Å². The predicted molar refractivity (Wildman–Crippen MR) is 94.5 cm³/mol.